The molecule has 22 heavy (non-hydrogen) atoms. The van der Waals surface area contributed by atoms with Crippen LogP contribution in [-0.2, 0) is 4.79 Å². The van der Waals surface area contributed by atoms with Crippen LogP contribution in [-0.4, -0.2) is 22.8 Å². The molecule has 0 amide bonds. The molecule has 0 aliphatic rings. The third-order valence-corrected chi connectivity index (χ3v) is 2.72. The van der Waals surface area contributed by atoms with E-state index in [1.54, 1.807) is 13.0 Å². The molecule has 7 heteroatoms. The molecule has 0 aliphatic carbocycles. The maximum atomic E-state index is 11.7. The highest BCUT2D eigenvalue weighted by Gasteiger charge is 2.15. The maximum Gasteiger partial charge on any atom is 0.383 e. The predicted octanol–water partition coefficient (Wildman–Crippen LogP) is 2.26. The molecule has 0 saturated heterocycles. The molecular formula is C15H14O7. The van der Waals surface area contributed by atoms with Gasteiger partial charge in [0.1, 0.15) is 11.3 Å². The van der Waals surface area contributed by atoms with Gasteiger partial charge in [-0.1, -0.05) is 6.08 Å². The van der Waals surface area contributed by atoms with Gasteiger partial charge in [-0.15, -0.1) is 0 Å². The molecule has 2 N–H and O–H groups in total. The zero-order valence-corrected chi connectivity index (χ0v) is 11.7. The van der Waals surface area contributed by atoms with Gasteiger partial charge >= 0.3 is 11.6 Å². The average molecular weight is 306 g/mol. The third kappa shape index (κ3) is 3.38. The summed E-state index contributed by atoms with van der Waals surface area (Å²) in [5, 5.41) is 18.9. The number of ether oxygens (including phenoxy) is 2. The molecule has 1 heterocycles. The number of carbonyl (C=O) groups is 1. The summed E-state index contributed by atoms with van der Waals surface area (Å²) in [5.74, 6) is -1.33. The SMILES string of the molecule is CC=COc1c(O)c2cc(OCCC(=O)O)ccc2oc1=O. The van der Waals surface area contributed by atoms with Crippen LogP contribution >= 0.6 is 0 Å². The number of aliphatic carboxylic acids is 1. The van der Waals surface area contributed by atoms with E-state index in [0.717, 1.165) is 0 Å². The van der Waals surface area contributed by atoms with Crippen molar-refractivity contribution in [3.8, 4) is 17.2 Å². The van der Waals surface area contributed by atoms with Crippen molar-refractivity contribution >= 4 is 16.9 Å². The van der Waals surface area contributed by atoms with Crippen LogP contribution in [0.2, 0.25) is 0 Å². The van der Waals surface area contributed by atoms with Gasteiger partial charge in [0.15, 0.2) is 5.75 Å². The van der Waals surface area contributed by atoms with Crippen molar-refractivity contribution in [3.05, 3.63) is 41.0 Å². The predicted molar refractivity (Wildman–Crippen MR) is 77.3 cm³/mol. The number of hydrogen-bond donors (Lipinski definition) is 2. The molecule has 7 nitrogen and oxygen atoms in total. The second-order valence-corrected chi connectivity index (χ2v) is 4.30. The first-order valence-electron chi connectivity index (χ1n) is 6.45. The summed E-state index contributed by atoms with van der Waals surface area (Å²) in [6.07, 6.45) is 2.64. The molecular weight excluding hydrogens is 292 g/mol. The van der Waals surface area contributed by atoms with Crippen LogP contribution in [0.1, 0.15) is 13.3 Å². The number of rotatable bonds is 6. The highest BCUT2D eigenvalue weighted by Crippen LogP contribution is 2.33. The third-order valence-electron chi connectivity index (χ3n) is 2.72. The van der Waals surface area contributed by atoms with E-state index in [-0.39, 0.29) is 35.5 Å². The van der Waals surface area contributed by atoms with Crippen LogP contribution < -0.4 is 15.1 Å². The van der Waals surface area contributed by atoms with Crippen molar-refractivity contribution in [2.24, 2.45) is 0 Å². The number of allylic oxidation sites excluding steroid dienone is 1. The Balaban J connectivity index is 2.37. The van der Waals surface area contributed by atoms with E-state index in [4.69, 9.17) is 19.0 Å². The zero-order chi connectivity index (χ0) is 16.1. The molecule has 116 valence electrons. The Bertz CT molecular complexity index is 773. The van der Waals surface area contributed by atoms with Crippen molar-refractivity contribution < 1.29 is 28.9 Å². The summed E-state index contributed by atoms with van der Waals surface area (Å²) in [7, 11) is 0. The second kappa shape index (κ2) is 6.66. The van der Waals surface area contributed by atoms with Crippen molar-refractivity contribution in [1.29, 1.82) is 0 Å². The molecule has 0 saturated carbocycles. The van der Waals surface area contributed by atoms with Crippen LogP contribution in [0.4, 0.5) is 0 Å². The molecule has 1 aromatic heterocycles. The van der Waals surface area contributed by atoms with Gasteiger partial charge in [-0.3, -0.25) is 4.79 Å². The standard InChI is InChI=1S/C15H14O7/c1-2-6-21-14-13(18)10-8-9(20-7-5-12(16)17)3-4-11(10)22-15(14)19/h2-4,6,8,18H,5,7H2,1H3,(H,16,17). The summed E-state index contributed by atoms with van der Waals surface area (Å²) < 4.78 is 15.3. The van der Waals surface area contributed by atoms with Gasteiger partial charge in [-0.2, -0.15) is 0 Å². The fourth-order valence-electron chi connectivity index (χ4n) is 1.73. The Morgan fingerprint density at radius 1 is 1.41 bits per heavy atom. The van der Waals surface area contributed by atoms with Gasteiger partial charge in [-0.25, -0.2) is 4.79 Å². The number of fused-ring (bicyclic) bond motifs is 1. The number of carboxylic acid groups (broad SMARTS) is 1. The molecule has 2 aromatic rings. The number of benzene rings is 1. The Morgan fingerprint density at radius 2 is 2.18 bits per heavy atom. The number of carboxylic acids is 1. The van der Waals surface area contributed by atoms with Gasteiger partial charge < -0.3 is 24.1 Å². The monoisotopic (exact) mass is 306 g/mol. The van der Waals surface area contributed by atoms with Gasteiger partial charge in [0, 0.05) is 0 Å². The first-order valence-corrected chi connectivity index (χ1v) is 6.45. The van der Waals surface area contributed by atoms with Crippen LogP contribution in [0.25, 0.3) is 11.0 Å². The zero-order valence-electron chi connectivity index (χ0n) is 11.7. The molecule has 0 unspecified atom stereocenters. The summed E-state index contributed by atoms with van der Waals surface area (Å²) in [6.45, 7) is 1.68. The molecule has 0 spiro atoms. The largest absolute Gasteiger partial charge is 0.504 e. The van der Waals surface area contributed by atoms with Crippen LogP contribution in [0.5, 0.6) is 17.2 Å². The smallest absolute Gasteiger partial charge is 0.383 e. The maximum absolute atomic E-state index is 11.7. The molecule has 1 aromatic carbocycles. The van der Waals surface area contributed by atoms with Crippen LogP contribution in [0.3, 0.4) is 0 Å². The Morgan fingerprint density at radius 3 is 2.86 bits per heavy atom. The number of aromatic hydroxyl groups is 1. The fraction of sp³-hybridized carbons (Fsp3) is 0.200. The topological polar surface area (TPSA) is 106 Å². The lowest BCUT2D eigenvalue weighted by molar-refractivity contribution is -0.137. The minimum atomic E-state index is -0.975. The van der Waals surface area contributed by atoms with E-state index in [1.807, 2.05) is 0 Å². The van der Waals surface area contributed by atoms with Gasteiger partial charge in [0.25, 0.3) is 5.75 Å². The minimum Gasteiger partial charge on any atom is -0.504 e. The highest BCUT2D eigenvalue weighted by molar-refractivity contribution is 5.86. The van der Waals surface area contributed by atoms with E-state index >= 15 is 0 Å². The first-order chi connectivity index (χ1) is 10.5. The average Bonchev–Trinajstić information content (AvgIpc) is 2.47. The normalized spacial score (nSPS) is 11.0. The Kier molecular flexibility index (Phi) is 4.67. The molecule has 2 rings (SSSR count). The molecule has 0 radical (unpaired) electrons. The Labute approximate surface area is 125 Å². The lowest BCUT2D eigenvalue weighted by Crippen LogP contribution is -2.05. The lowest BCUT2D eigenvalue weighted by Gasteiger charge is -2.08. The van der Waals surface area contributed by atoms with Crippen molar-refractivity contribution in [1.82, 2.24) is 0 Å². The lowest BCUT2D eigenvalue weighted by atomic mass is 10.2. The van der Waals surface area contributed by atoms with E-state index in [0.29, 0.717) is 5.75 Å². The van der Waals surface area contributed by atoms with E-state index < -0.39 is 11.6 Å². The quantitative estimate of drug-likeness (QED) is 0.622. The van der Waals surface area contributed by atoms with Gasteiger partial charge in [0.05, 0.1) is 24.7 Å². The fourth-order valence-corrected chi connectivity index (χ4v) is 1.73. The summed E-state index contributed by atoms with van der Waals surface area (Å²) in [6, 6.07) is 4.41. The molecule has 0 fully saturated rings. The van der Waals surface area contributed by atoms with Crippen molar-refractivity contribution in [3.63, 3.8) is 0 Å². The van der Waals surface area contributed by atoms with Crippen LogP contribution in [0, 0.1) is 0 Å². The summed E-state index contributed by atoms with van der Waals surface area (Å²) in [4.78, 5) is 22.2. The Hall–Kier alpha value is -2.96. The molecule has 0 atom stereocenters. The van der Waals surface area contributed by atoms with Gasteiger partial charge in [-0.05, 0) is 25.1 Å². The van der Waals surface area contributed by atoms with Crippen LogP contribution in [0.15, 0.2) is 39.7 Å². The molecule has 0 aliphatic heterocycles. The second-order valence-electron chi connectivity index (χ2n) is 4.30. The molecule has 0 bridgehead atoms. The first kappa shape index (κ1) is 15.4. The van der Waals surface area contributed by atoms with E-state index in [2.05, 4.69) is 0 Å². The van der Waals surface area contributed by atoms with Crippen molar-refractivity contribution in [2.45, 2.75) is 13.3 Å². The highest BCUT2D eigenvalue weighted by atomic mass is 16.5. The van der Waals surface area contributed by atoms with E-state index in [9.17, 15) is 14.7 Å². The summed E-state index contributed by atoms with van der Waals surface area (Å²) >= 11 is 0. The minimum absolute atomic E-state index is 0.0136. The van der Waals surface area contributed by atoms with E-state index in [1.165, 1.54) is 24.5 Å². The summed E-state index contributed by atoms with van der Waals surface area (Å²) in [5.41, 5.74) is -0.636. The van der Waals surface area contributed by atoms with Gasteiger partial charge in [0.2, 0.25) is 0 Å². The van der Waals surface area contributed by atoms with Crippen molar-refractivity contribution in [2.75, 3.05) is 6.61 Å². The number of hydrogen-bond acceptors (Lipinski definition) is 6.